The number of aromatic nitrogens is 1. The molecule has 1 aromatic rings. The Bertz CT molecular complexity index is 555. The minimum atomic E-state index is -1.04. The number of hydrogen-bond donors (Lipinski definition) is 4. The van der Waals surface area contributed by atoms with Crippen LogP contribution in [0.25, 0.3) is 0 Å². The first-order chi connectivity index (χ1) is 9.72. The Kier molecular flexibility index (Phi) is 5.65. The number of nitrogens with zero attached hydrogens (tertiary/aromatic N) is 1. The standard InChI is InChI=1S/C12H18N4O4S/c1-5(2)8(16-12(13)20)10(17)14-4-7-15-6(3)9(21-7)11(18)19/h5,8H,4H2,1-3H3,(H,14,17)(H,18,19)(H3,13,16,20). The summed E-state index contributed by atoms with van der Waals surface area (Å²) in [6.07, 6.45) is 0. The molecule has 0 aliphatic rings. The van der Waals surface area contributed by atoms with Gasteiger partial charge in [-0.15, -0.1) is 11.3 Å². The summed E-state index contributed by atoms with van der Waals surface area (Å²) in [7, 11) is 0. The molecular weight excluding hydrogens is 296 g/mol. The van der Waals surface area contributed by atoms with Crippen molar-refractivity contribution in [3.8, 4) is 0 Å². The first kappa shape index (κ1) is 16.9. The number of nitrogens with one attached hydrogen (secondary N) is 2. The van der Waals surface area contributed by atoms with Crippen molar-refractivity contribution < 1.29 is 19.5 Å². The lowest BCUT2D eigenvalue weighted by atomic mass is 10.0. The van der Waals surface area contributed by atoms with Gasteiger partial charge in [0.1, 0.15) is 15.9 Å². The van der Waals surface area contributed by atoms with Gasteiger partial charge >= 0.3 is 12.0 Å². The van der Waals surface area contributed by atoms with Gasteiger partial charge in [0.25, 0.3) is 0 Å². The maximum Gasteiger partial charge on any atom is 0.347 e. The number of thiazole rings is 1. The summed E-state index contributed by atoms with van der Waals surface area (Å²) in [5.41, 5.74) is 5.44. The number of amides is 3. The van der Waals surface area contributed by atoms with E-state index in [1.165, 1.54) is 0 Å². The van der Waals surface area contributed by atoms with Crippen molar-refractivity contribution in [2.75, 3.05) is 0 Å². The second kappa shape index (κ2) is 7.02. The fraction of sp³-hybridized carbons (Fsp3) is 0.500. The molecule has 8 nitrogen and oxygen atoms in total. The molecule has 0 radical (unpaired) electrons. The molecule has 1 aromatic heterocycles. The molecule has 0 fully saturated rings. The number of carboxylic acid groups (broad SMARTS) is 1. The van der Waals surface area contributed by atoms with Gasteiger partial charge in [-0.2, -0.15) is 0 Å². The van der Waals surface area contributed by atoms with Crippen LogP contribution in [0.15, 0.2) is 0 Å². The van der Waals surface area contributed by atoms with Crippen LogP contribution in [0.1, 0.15) is 34.2 Å². The average Bonchev–Trinajstić information content (AvgIpc) is 2.74. The van der Waals surface area contributed by atoms with Crippen LogP contribution in [0.2, 0.25) is 0 Å². The quantitative estimate of drug-likeness (QED) is 0.605. The first-order valence-corrected chi connectivity index (χ1v) is 7.07. The number of urea groups is 1. The number of carboxylic acids is 1. The van der Waals surface area contributed by atoms with Gasteiger partial charge in [0, 0.05) is 0 Å². The van der Waals surface area contributed by atoms with Gasteiger partial charge < -0.3 is 21.5 Å². The van der Waals surface area contributed by atoms with E-state index < -0.39 is 23.9 Å². The molecule has 1 heterocycles. The van der Waals surface area contributed by atoms with Gasteiger partial charge in [-0.25, -0.2) is 14.6 Å². The zero-order valence-corrected chi connectivity index (χ0v) is 12.8. The Morgan fingerprint density at radius 2 is 2.00 bits per heavy atom. The summed E-state index contributed by atoms with van der Waals surface area (Å²) in [4.78, 5) is 38.0. The van der Waals surface area contributed by atoms with Crippen molar-refractivity contribution in [2.24, 2.45) is 11.7 Å². The lowest BCUT2D eigenvalue weighted by molar-refractivity contribution is -0.124. The highest BCUT2D eigenvalue weighted by Gasteiger charge is 2.23. The average molecular weight is 314 g/mol. The lowest BCUT2D eigenvalue weighted by Crippen LogP contribution is -2.51. The summed E-state index contributed by atoms with van der Waals surface area (Å²) in [6, 6.07) is -1.52. The fourth-order valence-corrected chi connectivity index (χ4v) is 2.53. The summed E-state index contributed by atoms with van der Waals surface area (Å²) in [6.45, 7) is 5.24. The lowest BCUT2D eigenvalue weighted by Gasteiger charge is -2.20. The predicted molar refractivity (Wildman–Crippen MR) is 77.0 cm³/mol. The normalized spacial score (nSPS) is 12.0. The van der Waals surface area contributed by atoms with Gasteiger partial charge in [0.05, 0.1) is 12.2 Å². The Labute approximate surface area is 125 Å². The van der Waals surface area contributed by atoms with Crippen LogP contribution < -0.4 is 16.4 Å². The van der Waals surface area contributed by atoms with E-state index in [1.807, 2.05) is 0 Å². The van der Waals surface area contributed by atoms with Crippen LogP contribution in [0.3, 0.4) is 0 Å². The van der Waals surface area contributed by atoms with Crippen LogP contribution in [-0.4, -0.2) is 34.0 Å². The number of aryl methyl sites for hydroxylation is 1. The minimum Gasteiger partial charge on any atom is -0.477 e. The molecule has 3 amide bonds. The molecular formula is C12H18N4O4S. The number of carbonyl (C=O) groups excluding carboxylic acids is 2. The Morgan fingerprint density at radius 1 is 1.38 bits per heavy atom. The summed E-state index contributed by atoms with van der Waals surface area (Å²) in [5, 5.41) is 14.4. The van der Waals surface area contributed by atoms with Gasteiger partial charge in [-0.05, 0) is 12.8 Å². The van der Waals surface area contributed by atoms with Crippen molar-refractivity contribution >= 4 is 29.2 Å². The van der Waals surface area contributed by atoms with Crippen LogP contribution in [-0.2, 0) is 11.3 Å². The Balaban J connectivity index is 2.68. The largest absolute Gasteiger partial charge is 0.477 e. The molecule has 0 saturated heterocycles. The number of aromatic carboxylic acids is 1. The molecule has 0 spiro atoms. The molecule has 1 rings (SSSR count). The van der Waals surface area contributed by atoms with E-state index in [2.05, 4.69) is 15.6 Å². The molecule has 0 saturated carbocycles. The van der Waals surface area contributed by atoms with Crippen LogP contribution in [0.5, 0.6) is 0 Å². The SMILES string of the molecule is Cc1nc(CNC(=O)C(NC(N)=O)C(C)C)sc1C(=O)O. The molecule has 21 heavy (non-hydrogen) atoms. The third-order valence-corrected chi connectivity index (χ3v) is 3.84. The maximum atomic E-state index is 12.0. The van der Waals surface area contributed by atoms with Crippen molar-refractivity contribution in [2.45, 2.75) is 33.4 Å². The zero-order valence-electron chi connectivity index (χ0n) is 12.0. The van der Waals surface area contributed by atoms with Crippen molar-refractivity contribution in [3.05, 3.63) is 15.6 Å². The van der Waals surface area contributed by atoms with Gasteiger partial charge in [-0.3, -0.25) is 4.79 Å². The van der Waals surface area contributed by atoms with Crippen molar-refractivity contribution in [1.29, 1.82) is 0 Å². The second-order valence-electron chi connectivity index (χ2n) is 4.78. The summed E-state index contributed by atoms with van der Waals surface area (Å²) < 4.78 is 0. The molecule has 0 aliphatic carbocycles. The van der Waals surface area contributed by atoms with Crippen LogP contribution in [0.4, 0.5) is 4.79 Å². The number of carbonyl (C=O) groups is 3. The van der Waals surface area contributed by atoms with E-state index in [9.17, 15) is 14.4 Å². The summed E-state index contributed by atoms with van der Waals surface area (Å²) >= 11 is 1.01. The van der Waals surface area contributed by atoms with Gasteiger partial charge in [0.2, 0.25) is 5.91 Å². The molecule has 0 aromatic carbocycles. The Morgan fingerprint density at radius 3 is 2.43 bits per heavy atom. The van der Waals surface area contributed by atoms with Crippen molar-refractivity contribution in [1.82, 2.24) is 15.6 Å². The molecule has 116 valence electrons. The number of nitrogens with two attached hydrogens (primary N) is 1. The van der Waals surface area contributed by atoms with Crippen molar-refractivity contribution in [3.63, 3.8) is 0 Å². The minimum absolute atomic E-state index is 0.0985. The number of primary amides is 1. The first-order valence-electron chi connectivity index (χ1n) is 6.25. The fourth-order valence-electron chi connectivity index (χ4n) is 1.69. The van der Waals surface area contributed by atoms with E-state index in [1.54, 1.807) is 20.8 Å². The molecule has 1 atom stereocenters. The third-order valence-electron chi connectivity index (χ3n) is 2.70. The van der Waals surface area contributed by atoms with Gasteiger partial charge in [0.15, 0.2) is 0 Å². The third kappa shape index (κ3) is 4.71. The Hall–Kier alpha value is -2.16. The highest BCUT2D eigenvalue weighted by atomic mass is 32.1. The smallest absolute Gasteiger partial charge is 0.347 e. The zero-order chi connectivity index (χ0) is 16.2. The maximum absolute atomic E-state index is 12.0. The molecule has 9 heteroatoms. The number of rotatable bonds is 6. The molecule has 0 aliphatic heterocycles. The van der Waals surface area contributed by atoms with E-state index in [4.69, 9.17) is 10.8 Å². The highest BCUT2D eigenvalue weighted by molar-refractivity contribution is 7.13. The number of hydrogen-bond acceptors (Lipinski definition) is 5. The van der Waals surface area contributed by atoms with E-state index >= 15 is 0 Å². The van der Waals surface area contributed by atoms with Crippen LogP contribution >= 0.6 is 11.3 Å². The summed E-state index contributed by atoms with van der Waals surface area (Å²) in [5.74, 6) is -1.57. The highest BCUT2D eigenvalue weighted by Crippen LogP contribution is 2.17. The molecule has 0 bridgehead atoms. The van der Waals surface area contributed by atoms with Crippen LogP contribution in [0, 0.1) is 12.8 Å². The molecule has 1 unspecified atom stereocenters. The van der Waals surface area contributed by atoms with E-state index in [-0.39, 0.29) is 17.3 Å². The van der Waals surface area contributed by atoms with E-state index in [0.29, 0.717) is 10.7 Å². The second-order valence-corrected chi connectivity index (χ2v) is 5.86. The van der Waals surface area contributed by atoms with E-state index in [0.717, 1.165) is 11.3 Å². The monoisotopic (exact) mass is 314 g/mol. The predicted octanol–water partition coefficient (Wildman–Crippen LogP) is 0.459. The topological polar surface area (TPSA) is 134 Å². The van der Waals surface area contributed by atoms with Gasteiger partial charge in [-0.1, -0.05) is 13.8 Å². The molecule has 5 N–H and O–H groups in total.